The van der Waals surface area contributed by atoms with Crippen molar-refractivity contribution in [3.05, 3.63) is 39.8 Å². The topological polar surface area (TPSA) is 21.3 Å². The molecule has 0 atom stereocenters. The summed E-state index contributed by atoms with van der Waals surface area (Å²) < 4.78 is 6.61. The Hall–Kier alpha value is -0.510. The van der Waals surface area contributed by atoms with Gasteiger partial charge in [0.05, 0.1) is 4.47 Å². The monoisotopic (exact) mass is 303 g/mol. The van der Waals surface area contributed by atoms with Crippen LogP contribution in [0.4, 0.5) is 0 Å². The molecule has 0 fully saturated rings. The molecular formula is C12H15BrClNO. The molecule has 0 aliphatic rings. The summed E-state index contributed by atoms with van der Waals surface area (Å²) in [7, 11) is 0. The Morgan fingerprint density at radius 2 is 2.31 bits per heavy atom. The van der Waals surface area contributed by atoms with E-state index in [0.29, 0.717) is 6.61 Å². The Morgan fingerprint density at radius 3 is 3.00 bits per heavy atom. The number of rotatable bonds is 6. The van der Waals surface area contributed by atoms with Crippen LogP contribution >= 0.6 is 27.5 Å². The lowest BCUT2D eigenvalue weighted by Gasteiger charge is -2.12. The van der Waals surface area contributed by atoms with Gasteiger partial charge in [-0.05, 0) is 34.6 Å². The van der Waals surface area contributed by atoms with Crippen molar-refractivity contribution in [1.82, 2.24) is 5.32 Å². The number of nitrogens with one attached hydrogen (secondary N) is 1. The smallest absolute Gasteiger partial charge is 0.138 e. The number of hydrogen-bond donors (Lipinski definition) is 1. The van der Waals surface area contributed by atoms with E-state index in [9.17, 15) is 0 Å². The Morgan fingerprint density at radius 1 is 1.50 bits per heavy atom. The van der Waals surface area contributed by atoms with Crippen LogP contribution in [0.1, 0.15) is 12.5 Å². The van der Waals surface area contributed by atoms with E-state index in [1.807, 2.05) is 18.2 Å². The molecule has 0 aliphatic carbocycles. The quantitative estimate of drug-likeness (QED) is 0.865. The number of hydrogen-bond acceptors (Lipinski definition) is 2. The zero-order valence-electron chi connectivity index (χ0n) is 9.17. The van der Waals surface area contributed by atoms with Gasteiger partial charge in [-0.15, -0.1) is 0 Å². The first-order chi connectivity index (χ1) is 7.79. The maximum atomic E-state index is 5.65. The summed E-state index contributed by atoms with van der Waals surface area (Å²) in [5.74, 6) is 0.873. The summed E-state index contributed by atoms with van der Waals surface area (Å²) in [5.41, 5.74) is 2.60. The first-order valence-electron chi connectivity index (χ1n) is 5.15. The largest absolute Gasteiger partial charge is 0.488 e. The van der Waals surface area contributed by atoms with E-state index < -0.39 is 0 Å². The highest BCUT2D eigenvalue weighted by molar-refractivity contribution is 9.10. The molecule has 0 saturated carbocycles. The van der Waals surface area contributed by atoms with Crippen molar-refractivity contribution < 1.29 is 4.74 Å². The summed E-state index contributed by atoms with van der Waals surface area (Å²) in [6.07, 6.45) is 1.76. The molecule has 0 amide bonds. The molecule has 88 valence electrons. The summed E-state index contributed by atoms with van der Waals surface area (Å²) >= 11 is 8.93. The second-order valence-corrected chi connectivity index (χ2v) is 4.29. The fourth-order valence-electron chi connectivity index (χ4n) is 1.28. The van der Waals surface area contributed by atoms with Crippen LogP contribution in [0.2, 0.25) is 0 Å². The van der Waals surface area contributed by atoms with Crippen LogP contribution < -0.4 is 10.1 Å². The molecule has 1 aromatic rings. The molecule has 2 nitrogen and oxygen atoms in total. The zero-order valence-corrected chi connectivity index (χ0v) is 11.5. The van der Waals surface area contributed by atoms with Crippen LogP contribution in [0.5, 0.6) is 5.75 Å². The second kappa shape index (κ2) is 7.71. The highest BCUT2D eigenvalue weighted by atomic mass is 79.9. The minimum atomic E-state index is 0.477. The van der Waals surface area contributed by atoms with Gasteiger partial charge in [-0.25, -0.2) is 0 Å². The predicted octanol–water partition coefficient (Wildman–Crippen LogP) is 3.69. The molecule has 1 N–H and O–H groups in total. The number of ether oxygens (including phenoxy) is 1. The molecule has 0 aliphatic heterocycles. The average Bonchev–Trinajstić information content (AvgIpc) is 2.29. The lowest BCUT2D eigenvalue weighted by Crippen LogP contribution is -2.13. The minimum absolute atomic E-state index is 0.477. The average molecular weight is 305 g/mol. The fraction of sp³-hybridized carbons (Fsp3) is 0.333. The van der Waals surface area contributed by atoms with Crippen LogP contribution in [-0.2, 0) is 6.54 Å². The summed E-state index contributed by atoms with van der Waals surface area (Å²) in [4.78, 5) is 0. The SMILES string of the molecule is CCNCc1cccc(Br)c1OCC=CCl. The maximum Gasteiger partial charge on any atom is 0.138 e. The molecule has 0 saturated heterocycles. The van der Waals surface area contributed by atoms with Crippen LogP contribution in [-0.4, -0.2) is 13.2 Å². The van der Waals surface area contributed by atoms with Crippen molar-refractivity contribution in [3.63, 3.8) is 0 Å². The van der Waals surface area contributed by atoms with Crippen molar-refractivity contribution in [2.45, 2.75) is 13.5 Å². The predicted molar refractivity (Wildman–Crippen MR) is 72.0 cm³/mol. The van der Waals surface area contributed by atoms with E-state index in [1.54, 1.807) is 6.08 Å². The van der Waals surface area contributed by atoms with Crippen molar-refractivity contribution in [2.24, 2.45) is 0 Å². The third-order valence-electron chi connectivity index (χ3n) is 2.03. The first-order valence-corrected chi connectivity index (χ1v) is 6.38. The number of halogens is 2. The standard InChI is InChI=1S/C12H15BrClNO/c1-2-15-9-10-5-3-6-11(13)12(10)16-8-4-7-14/h3-7,15H,2,8-9H2,1H3. The van der Waals surface area contributed by atoms with Crippen molar-refractivity contribution >= 4 is 27.5 Å². The molecule has 1 aromatic carbocycles. The molecule has 0 heterocycles. The van der Waals surface area contributed by atoms with Gasteiger partial charge in [-0.2, -0.15) is 0 Å². The minimum Gasteiger partial charge on any atom is -0.488 e. The Kier molecular flexibility index (Phi) is 6.53. The fourth-order valence-corrected chi connectivity index (χ4v) is 1.88. The molecule has 0 radical (unpaired) electrons. The number of para-hydroxylation sites is 1. The Labute approximate surface area is 110 Å². The van der Waals surface area contributed by atoms with Gasteiger partial charge < -0.3 is 10.1 Å². The lowest BCUT2D eigenvalue weighted by molar-refractivity contribution is 0.355. The van der Waals surface area contributed by atoms with Gasteiger partial charge in [0.1, 0.15) is 12.4 Å². The highest BCUT2D eigenvalue weighted by Crippen LogP contribution is 2.29. The van der Waals surface area contributed by atoms with Gasteiger partial charge in [-0.1, -0.05) is 30.7 Å². The van der Waals surface area contributed by atoms with Crippen molar-refractivity contribution in [3.8, 4) is 5.75 Å². The summed E-state index contributed by atoms with van der Waals surface area (Å²) in [6.45, 7) is 4.30. The van der Waals surface area contributed by atoms with E-state index >= 15 is 0 Å². The van der Waals surface area contributed by atoms with E-state index in [1.165, 1.54) is 5.54 Å². The van der Waals surface area contributed by atoms with Crippen LogP contribution in [0, 0.1) is 0 Å². The van der Waals surface area contributed by atoms with Gasteiger partial charge in [0.15, 0.2) is 0 Å². The third kappa shape index (κ3) is 4.16. The normalized spacial score (nSPS) is 10.9. The van der Waals surface area contributed by atoms with Gasteiger partial charge in [0, 0.05) is 17.6 Å². The van der Waals surface area contributed by atoms with Crippen LogP contribution in [0.25, 0.3) is 0 Å². The summed E-state index contributed by atoms with van der Waals surface area (Å²) in [5, 5.41) is 3.28. The summed E-state index contributed by atoms with van der Waals surface area (Å²) in [6, 6.07) is 6.02. The van der Waals surface area contributed by atoms with Gasteiger partial charge in [0.2, 0.25) is 0 Å². The molecular weight excluding hydrogens is 289 g/mol. The zero-order chi connectivity index (χ0) is 11.8. The molecule has 0 bridgehead atoms. The Bertz CT molecular complexity index is 355. The van der Waals surface area contributed by atoms with E-state index in [2.05, 4.69) is 28.2 Å². The molecule has 0 unspecified atom stereocenters. The first kappa shape index (κ1) is 13.6. The number of benzene rings is 1. The van der Waals surface area contributed by atoms with Crippen LogP contribution in [0.15, 0.2) is 34.3 Å². The van der Waals surface area contributed by atoms with E-state index in [-0.39, 0.29) is 0 Å². The molecule has 1 rings (SSSR count). The Balaban J connectivity index is 2.76. The third-order valence-corrected chi connectivity index (χ3v) is 2.83. The molecule has 4 heteroatoms. The van der Waals surface area contributed by atoms with E-state index in [4.69, 9.17) is 16.3 Å². The van der Waals surface area contributed by atoms with Crippen LogP contribution in [0.3, 0.4) is 0 Å². The molecule has 0 spiro atoms. The maximum absolute atomic E-state index is 5.65. The van der Waals surface area contributed by atoms with Crippen molar-refractivity contribution in [2.75, 3.05) is 13.2 Å². The van der Waals surface area contributed by atoms with E-state index in [0.717, 1.165) is 28.9 Å². The molecule has 0 aromatic heterocycles. The van der Waals surface area contributed by atoms with Gasteiger partial charge in [-0.3, -0.25) is 0 Å². The highest BCUT2D eigenvalue weighted by Gasteiger charge is 2.06. The van der Waals surface area contributed by atoms with Gasteiger partial charge >= 0.3 is 0 Å². The molecule has 16 heavy (non-hydrogen) atoms. The van der Waals surface area contributed by atoms with Gasteiger partial charge in [0.25, 0.3) is 0 Å². The second-order valence-electron chi connectivity index (χ2n) is 3.18. The lowest BCUT2D eigenvalue weighted by atomic mass is 10.2. The van der Waals surface area contributed by atoms with Crippen molar-refractivity contribution in [1.29, 1.82) is 0 Å².